The smallest absolute Gasteiger partial charge is 0.248 e. The Labute approximate surface area is 59.3 Å². The molecule has 0 unspecified atom stereocenters. The minimum Gasteiger partial charge on any atom is -0.327 e. The lowest BCUT2D eigenvalue weighted by Gasteiger charge is -1.84. The standard InChI is InChI=1S/C6H7NO.ClH/c1-5-3-2-4-6(8)7-5;/h2-4H,1H3,(H,7,8);1H. The zero-order valence-corrected chi connectivity index (χ0v) is 5.87. The minimum absolute atomic E-state index is 0. The van der Waals surface area contributed by atoms with Crippen molar-refractivity contribution >= 4 is 12.4 Å². The molecule has 0 saturated carbocycles. The van der Waals surface area contributed by atoms with Gasteiger partial charge in [-0.1, -0.05) is 6.07 Å². The van der Waals surface area contributed by atoms with Gasteiger partial charge in [0.1, 0.15) is 0 Å². The summed E-state index contributed by atoms with van der Waals surface area (Å²) in [4.78, 5) is 13.0. The fraction of sp³-hybridized carbons (Fsp3) is 0.167. The molecule has 0 atom stereocenters. The van der Waals surface area contributed by atoms with Gasteiger partial charge in [-0.3, -0.25) is 4.79 Å². The van der Waals surface area contributed by atoms with Crippen molar-refractivity contribution in [3.8, 4) is 0 Å². The van der Waals surface area contributed by atoms with Gasteiger partial charge in [-0.2, -0.15) is 0 Å². The lowest BCUT2D eigenvalue weighted by Crippen LogP contribution is -2.02. The van der Waals surface area contributed by atoms with Gasteiger partial charge in [-0.25, -0.2) is 0 Å². The molecule has 0 aliphatic carbocycles. The van der Waals surface area contributed by atoms with Gasteiger partial charge in [0.05, 0.1) is 0 Å². The van der Waals surface area contributed by atoms with Crippen molar-refractivity contribution in [2.24, 2.45) is 0 Å². The second kappa shape index (κ2) is 3.30. The van der Waals surface area contributed by atoms with Crippen molar-refractivity contribution in [3.63, 3.8) is 0 Å². The van der Waals surface area contributed by atoms with E-state index in [0.717, 1.165) is 5.69 Å². The highest BCUT2D eigenvalue weighted by molar-refractivity contribution is 5.85. The maximum Gasteiger partial charge on any atom is 0.248 e. The van der Waals surface area contributed by atoms with Gasteiger partial charge in [0.25, 0.3) is 0 Å². The van der Waals surface area contributed by atoms with E-state index < -0.39 is 0 Å². The highest BCUT2D eigenvalue weighted by atomic mass is 35.5. The number of pyridine rings is 1. The molecule has 0 spiro atoms. The van der Waals surface area contributed by atoms with Crippen molar-refractivity contribution in [2.75, 3.05) is 0 Å². The molecule has 1 aromatic rings. The first-order chi connectivity index (χ1) is 3.79. The largest absolute Gasteiger partial charge is 0.327 e. The molecule has 0 amide bonds. The first kappa shape index (κ1) is 8.24. The molecular formula is C6H8ClNO. The van der Waals surface area contributed by atoms with Crippen LogP contribution in [0.3, 0.4) is 0 Å². The number of aromatic nitrogens is 1. The van der Waals surface area contributed by atoms with E-state index >= 15 is 0 Å². The molecule has 0 radical (unpaired) electrons. The number of aromatic amines is 1. The van der Waals surface area contributed by atoms with Crippen molar-refractivity contribution in [2.45, 2.75) is 6.92 Å². The first-order valence-electron chi connectivity index (χ1n) is 2.45. The van der Waals surface area contributed by atoms with Crippen LogP contribution >= 0.6 is 12.4 Å². The molecule has 1 N–H and O–H groups in total. The van der Waals surface area contributed by atoms with E-state index in [0.29, 0.717) is 0 Å². The molecule has 0 fully saturated rings. The maximum absolute atomic E-state index is 10.4. The van der Waals surface area contributed by atoms with Crippen LogP contribution in [0.5, 0.6) is 0 Å². The number of nitrogens with one attached hydrogen (secondary N) is 1. The quantitative estimate of drug-likeness (QED) is 0.583. The van der Waals surface area contributed by atoms with Crippen molar-refractivity contribution in [3.05, 3.63) is 34.2 Å². The molecule has 1 heterocycles. The fourth-order valence-corrected chi connectivity index (χ4v) is 0.558. The van der Waals surface area contributed by atoms with Crippen LogP contribution < -0.4 is 5.56 Å². The molecule has 9 heavy (non-hydrogen) atoms. The highest BCUT2D eigenvalue weighted by Crippen LogP contribution is 1.81. The van der Waals surface area contributed by atoms with Crippen molar-refractivity contribution < 1.29 is 0 Å². The molecule has 50 valence electrons. The SMILES string of the molecule is Cc1cccc(=O)[nH]1.Cl. The van der Waals surface area contributed by atoms with Crippen LogP contribution in [0.2, 0.25) is 0 Å². The molecule has 0 aliphatic rings. The predicted octanol–water partition coefficient (Wildman–Crippen LogP) is 1.11. The third-order valence-electron chi connectivity index (χ3n) is 0.914. The number of H-pyrrole nitrogens is 1. The average Bonchev–Trinajstić information content (AvgIpc) is 1.64. The lowest BCUT2D eigenvalue weighted by atomic mass is 10.4. The zero-order chi connectivity index (χ0) is 5.98. The normalized spacial score (nSPS) is 8.11. The van der Waals surface area contributed by atoms with Crippen LogP contribution in [-0.4, -0.2) is 4.98 Å². The van der Waals surface area contributed by atoms with E-state index in [-0.39, 0.29) is 18.0 Å². The van der Waals surface area contributed by atoms with Gasteiger partial charge in [0.15, 0.2) is 0 Å². The summed E-state index contributed by atoms with van der Waals surface area (Å²) in [5.74, 6) is 0. The van der Waals surface area contributed by atoms with E-state index in [4.69, 9.17) is 0 Å². The summed E-state index contributed by atoms with van der Waals surface area (Å²) >= 11 is 0. The Kier molecular flexibility index (Phi) is 3.02. The molecule has 3 heteroatoms. The Morgan fingerprint density at radius 1 is 1.44 bits per heavy atom. The average molecular weight is 146 g/mol. The summed E-state index contributed by atoms with van der Waals surface area (Å²) in [5.41, 5.74) is 0.863. The molecule has 1 aromatic heterocycles. The first-order valence-corrected chi connectivity index (χ1v) is 2.45. The van der Waals surface area contributed by atoms with Crippen LogP contribution in [0, 0.1) is 6.92 Å². The summed E-state index contributed by atoms with van der Waals surface area (Å²) < 4.78 is 0. The van der Waals surface area contributed by atoms with Gasteiger partial charge in [0.2, 0.25) is 5.56 Å². The van der Waals surface area contributed by atoms with Crippen molar-refractivity contribution in [1.82, 2.24) is 4.98 Å². The van der Waals surface area contributed by atoms with Crippen molar-refractivity contribution in [1.29, 1.82) is 0 Å². The third-order valence-corrected chi connectivity index (χ3v) is 0.914. The molecule has 0 aliphatic heterocycles. The maximum atomic E-state index is 10.4. The van der Waals surface area contributed by atoms with Gasteiger partial charge in [-0.15, -0.1) is 12.4 Å². The van der Waals surface area contributed by atoms with Crippen LogP contribution in [0.1, 0.15) is 5.69 Å². The Bertz CT molecular complexity index is 230. The Hall–Kier alpha value is -0.760. The Morgan fingerprint density at radius 2 is 2.11 bits per heavy atom. The molecular weight excluding hydrogens is 138 g/mol. The summed E-state index contributed by atoms with van der Waals surface area (Å²) in [6.07, 6.45) is 0. The van der Waals surface area contributed by atoms with Crippen LogP contribution in [-0.2, 0) is 0 Å². The second-order valence-electron chi connectivity index (χ2n) is 1.70. The number of halogens is 1. The minimum atomic E-state index is -0.0370. The monoisotopic (exact) mass is 145 g/mol. The number of hydrogen-bond donors (Lipinski definition) is 1. The molecule has 2 nitrogen and oxygen atoms in total. The predicted molar refractivity (Wildman–Crippen MR) is 39.0 cm³/mol. The van der Waals surface area contributed by atoms with E-state index in [9.17, 15) is 4.79 Å². The van der Waals surface area contributed by atoms with E-state index in [2.05, 4.69) is 4.98 Å². The molecule has 0 saturated heterocycles. The van der Waals surface area contributed by atoms with Gasteiger partial charge >= 0.3 is 0 Å². The summed E-state index contributed by atoms with van der Waals surface area (Å²) in [7, 11) is 0. The van der Waals surface area contributed by atoms with E-state index in [1.54, 1.807) is 6.07 Å². The van der Waals surface area contributed by atoms with Gasteiger partial charge in [0, 0.05) is 11.8 Å². The van der Waals surface area contributed by atoms with Crippen LogP contribution in [0.15, 0.2) is 23.0 Å². The van der Waals surface area contributed by atoms with Gasteiger partial charge < -0.3 is 4.98 Å². The van der Waals surface area contributed by atoms with Crippen LogP contribution in [0.4, 0.5) is 0 Å². The molecule has 1 rings (SSSR count). The zero-order valence-electron chi connectivity index (χ0n) is 5.05. The van der Waals surface area contributed by atoms with Gasteiger partial charge in [-0.05, 0) is 13.0 Å². The molecule has 0 bridgehead atoms. The van der Waals surface area contributed by atoms with Crippen LogP contribution in [0.25, 0.3) is 0 Å². The summed E-state index contributed by atoms with van der Waals surface area (Å²) in [6.45, 7) is 1.85. The number of rotatable bonds is 0. The number of hydrogen-bond acceptors (Lipinski definition) is 1. The van der Waals surface area contributed by atoms with E-state index in [1.807, 2.05) is 13.0 Å². The summed E-state index contributed by atoms with van der Waals surface area (Å²) in [5, 5.41) is 0. The lowest BCUT2D eigenvalue weighted by molar-refractivity contribution is 1.14. The molecule has 0 aromatic carbocycles. The highest BCUT2D eigenvalue weighted by Gasteiger charge is 1.79. The topological polar surface area (TPSA) is 32.9 Å². The van der Waals surface area contributed by atoms with E-state index in [1.165, 1.54) is 6.07 Å². The Balaban J connectivity index is 0.000000640. The third kappa shape index (κ3) is 2.33. The summed E-state index contributed by atoms with van der Waals surface area (Å²) in [6, 6.07) is 5.07. The second-order valence-corrected chi connectivity index (χ2v) is 1.70. The fourth-order valence-electron chi connectivity index (χ4n) is 0.558. The Morgan fingerprint density at radius 3 is 2.44 bits per heavy atom. The number of aryl methyl sites for hydroxylation is 1.